The van der Waals surface area contributed by atoms with Crippen LogP contribution in [0.25, 0.3) is 0 Å². The predicted molar refractivity (Wildman–Crippen MR) is 121 cm³/mol. The number of nitrogens with zero attached hydrogens (tertiary/aromatic N) is 4. The molecule has 2 aromatic rings. The van der Waals surface area contributed by atoms with Gasteiger partial charge in [0.2, 0.25) is 0 Å². The number of aromatic nitrogens is 2. The summed E-state index contributed by atoms with van der Waals surface area (Å²) < 4.78 is 2.07. The molecule has 26 heavy (non-hydrogen) atoms. The van der Waals surface area contributed by atoms with E-state index >= 15 is 0 Å². The Morgan fingerprint density at radius 3 is 2.62 bits per heavy atom. The molecule has 0 saturated carbocycles. The van der Waals surface area contributed by atoms with Crippen molar-refractivity contribution < 1.29 is 0 Å². The summed E-state index contributed by atoms with van der Waals surface area (Å²) in [4.78, 5) is 6.46. The zero-order chi connectivity index (χ0) is 18.4. The second-order valence-electron chi connectivity index (χ2n) is 6.59. The van der Waals surface area contributed by atoms with Crippen molar-refractivity contribution in [3.8, 4) is 0 Å². The number of rotatable bonds is 6. The predicted octanol–water partition coefficient (Wildman–Crippen LogP) is 4.11. The minimum absolute atomic E-state index is 0. The van der Waals surface area contributed by atoms with E-state index in [1.54, 1.807) is 7.05 Å². The molecule has 0 saturated heterocycles. The lowest BCUT2D eigenvalue weighted by atomic mass is 10.2. The van der Waals surface area contributed by atoms with Crippen molar-refractivity contribution >= 4 is 41.5 Å². The molecule has 144 valence electrons. The Morgan fingerprint density at radius 1 is 1.35 bits per heavy atom. The lowest BCUT2D eigenvalue weighted by molar-refractivity contribution is 0.418. The summed E-state index contributed by atoms with van der Waals surface area (Å²) in [7, 11) is 3.82. The number of guanidine groups is 1. The summed E-state index contributed by atoms with van der Waals surface area (Å²) in [5.41, 5.74) is 3.35. The minimum atomic E-state index is 0. The van der Waals surface area contributed by atoms with Gasteiger partial charge in [-0.15, -0.1) is 24.0 Å². The van der Waals surface area contributed by atoms with Gasteiger partial charge in [-0.2, -0.15) is 5.10 Å². The Balaban J connectivity index is 0.00000338. The molecule has 1 atom stereocenters. The molecule has 0 bridgehead atoms. The van der Waals surface area contributed by atoms with Crippen LogP contribution in [0.3, 0.4) is 0 Å². The van der Waals surface area contributed by atoms with Crippen molar-refractivity contribution in [2.75, 3.05) is 20.6 Å². The van der Waals surface area contributed by atoms with Crippen LogP contribution in [0.2, 0.25) is 5.02 Å². The molecule has 0 amide bonds. The highest BCUT2D eigenvalue weighted by Gasteiger charge is 2.11. The molecular formula is C19H29ClIN5. The van der Waals surface area contributed by atoms with Crippen molar-refractivity contribution in [3.05, 3.63) is 52.3 Å². The van der Waals surface area contributed by atoms with Gasteiger partial charge in [0, 0.05) is 44.4 Å². The number of aliphatic imine (C=N–C) groups is 1. The number of hydrogen-bond donors (Lipinski definition) is 1. The maximum Gasteiger partial charge on any atom is 0.193 e. The normalized spacial score (nSPS) is 12.5. The highest BCUT2D eigenvalue weighted by Crippen LogP contribution is 2.16. The molecular weight excluding hydrogens is 461 g/mol. The Morgan fingerprint density at radius 2 is 2.04 bits per heavy atom. The fourth-order valence-electron chi connectivity index (χ4n) is 2.83. The van der Waals surface area contributed by atoms with Crippen molar-refractivity contribution in [2.45, 2.75) is 33.9 Å². The van der Waals surface area contributed by atoms with Gasteiger partial charge in [-0.25, -0.2) is 0 Å². The average molecular weight is 490 g/mol. The zero-order valence-corrected chi connectivity index (χ0v) is 19.2. The monoisotopic (exact) mass is 489 g/mol. The highest BCUT2D eigenvalue weighted by atomic mass is 127. The summed E-state index contributed by atoms with van der Waals surface area (Å²) in [6.45, 7) is 8.76. The van der Waals surface area contributed by atoms with Gasteiger partial charge in [0.25, 0.3) is 0 Å². The summed E-state index contributed by atoms with van der Waals surface area (Å²) >= 11 is 6.25. The average Bonchev–Trinajstić information content (AvgIpc) is 2.87. The van der Waals surface area contributed by atoms with Crippen LogP contribution in [-0.4, -0.2) is 41.3 Å². The second-order valence-corrected chi connectivity index (χ2v) is 7.00. The Kier molecular flexibility index (Phi) is 9.43. The number of aryl methyl sites for hydroxylation is 2. The molecule has 7 heteroatoms. The third-order valence-electron chi connectivity index (χ3n) is 4.14. The van der Waals surface area contributed by atoms with Crippen molar-refractivity contribution in [3.63, 3.8) is 0 Å². The Labute approximate surface area is 178 Å². The van der Waals surface area contributed by atoms with E-state index in [1.807, 2.05) is 38.2 Å². The maximum absolute atomic E-state index is 6.25. The van der Waals surface area contributed by atoms with Gasteiger partial charge < -0.3 is 10.2 Å². The zero-order valence-electron chi connectivity index (χ0n) is 16.2. The molecule has 0 aliphatic rings. The van der Waals surface area contributed by atoms with E-state index in [4.69, 9.17) is 11.6 Å². The van der Waals surface area contributed by atoms with E-state index in [0.29, 0.717) is 12.5 Å². The van der Waals surface area contributed by atoms with Crippen LogP contribution in [-0.2, 0) is 13.1 Å². The van der Waals surface area contributed by atoms with Crippen LogP contribution < -0.4 is 5.32 Å². The third-order valence-corrected chi connectivity index (χ3v) is 4.50. The quantitative estimate of drug-likeness (QED) is 0.377. The van der Waals surface area contributed by atoms with Crippen LogP contribution in [0.4, 0.5) is 0 Å². The fourth-order valence-corrected chi connectivity index (χ4v) is 3.02. The molecule has 2 rings (SSSR count). The lowest BCUT2D eigenvalue weighted by Gasteiger charge is -2.24. The van der Waals surface area contributed by atoms with Crippen molar-refractivity contribution in [2.24, 2.45) is 10.9 Å². The van der Waals surface area contributed by atoms with E-state index in [-0.39, 0.29) is 24.0 Å². The van der Waals surface area contributed by atoms with E-state index in [2.05, 4.69) is 44.9 Å². The van der Waals surface area contributed by atoms with Gasteiger partial charge >= 0.3 is 0 Å². The van der Waals surface area contributed by atoms with Crippen LogP contribution >= 0.6 is 35.6 Å². The van der Waals surface area contributed by atoms with Gasteiger partial charge in [0.05, 0.1) is 5.69 Å². The number of benzene rings is 1. The van der Waals surface area contributed by atoms with E-state index in [9.17, 15) is 0 Å². The highest BCUT2D eigenvalue weighted by molar-refractivity contribution is 14.0. The first kappa shape index (κ1) is 22.8. The maximum atomic E-state index is 6.25. The summed E-state index contributed by atoms with van der Waals surface area (Å²) in [6, 6.07) is 10.0. The van der Waals surface area contributed by atoms with Gasteiger partial charge in [-0.3, -0.25) is 9.67 Å². The Bertz CT molecular complexity index is 728. The molecule has 1 aromatic heterocycles. The van der Waals surface area contributed by atoms with Gasteiger partial charge in [-0.1, -0.05) is 36.7 Å². The van der Waals surface area contributed by atoms with Gasteiger partial charge in [-0.05, 0) is 37.5 Å². The number of nitrogens with one attached hydrogen (secondary N) is 1. The van der Waals surface area contributed by atoms with Crippen LogP contribution in [0.5, 0.6) is 0 Å². The molecule has 0 radical (unpaired) electrons. The smallest absolute Gasteiger partial charge is 0.193 e. The van der Waals surface area contributed by atoms with Gasteiger partial charge in [0.15, 0.2) is 5.96 Å². The number of hydrogen-bond acceptors (Lipinski definition) is 2. The number of halogens is 2. The summed E-state index contributed by atoms with van der Waals surface area (Å²) in [5.74, 6) is 1.30. The van der Waals surface area contributed by atoms with Gasteiger partial charge in [0.1, 0.15) is 0 Å². The third kappa shape index (κ3) is 6.46. The van der Waals surface area contributed by atoms with E-state index < -0.39 is 0 Å². The van der Waals surface area contributed by atoms with Crippen LogP contribution in [0.15, 0.2) is 35.3 Å². The first-order valence-electron chi connectivity index (χ1n) is 8.57. The molecule has 5 nitrogen and oxygen atoms in total. The minimum Gasteiger partial charge on any atom is -0.356 e. The second kappa shape index (κ2) is 10.8. The first-order valence-corrected chi connectivity index (χ1v) is 8.94. The Hall–Kier alpha value is -1.28. The molecule has 0 fully saturated rings. The molecule has 1 unspecified atom stereocenters. The fraction of sp³-hybridized carbons (Fsp3) is 0.474. The van der Waals surface area contributed by atoms with Crippen LogP contribution in [0, 0.1) is 19.8 Å². The topological polar surface area (TPSA) is 45.5 Å². The van der Waals surface area contributed by atoms with E-state index in [1.165, 1.54) is 5.69 Å². The molecule has 0 spiro atoms. The van der Waals surface area contributed by atoms with Crippen molar-refractivity contribution in [1.29, 1.82) is 0 Å². The standard InChI is InChI=1S/C19H28ClN5.HI/c1-14(12-25-16(3)10-15(2)23-25)11-22-19(21-4)24(5)13-17-8-6-7-9-18(17)20;/h6-10,14H,11-13H2,1-5H3,(H,21,22);1H. The SMILES string of the molecule is CN=C(NCC(C)Cn1nc(C)cc1C)N(C)Cc1ccccc1Cl.I. The molecule has 1 N–H and O–H groups in total. The molecule has 0 aliphatic heterocycles. The van der Waals surface area contributed by atoms with Crippen molar-refractivity contribution in [1.82, 2.24) is 20.0 Å². The van der Waals surface area contributed by atoms with Crippen LogP contribution in [0.1, 0.15) is 23.9 Å². The summed E-state index contributed by atoms with van der Waals surface area (Å²) in [5, 5.41) is 8.76. The largest absolute Gasteiger partial charge is 0.356 e. The first-order chi connectivity index (χ1) is 11.9. The molecule has 1 aromatic carbocycles. The lowest BCUT2D eigenvalue weighted by Crippen LogP contribution is -2.41. The molecule has 0 aliphatic carbocycles. The summed E-state index contributed by atoms with van der Waals surface area (Å²) in [6.07, 6.45) is 0. The molecule has 1 heterocycles. The van der Waals surface area contributed by atoms with E-state index in [0.717, 1.165) is 35.3 Å².